The van der Waals surface area contributed by atoms with Gasteiger partial charge >= 0.3 is 0 Å². The predicted octanol–water partition coefficient (Wildman–Crippen LogP) is 1.90. The van der Waals surface area contributed by atoms with Gasteiger partial charge in [-0.1, -0.05) is 13.8 Å². The lowest BCUT2D eigenvalue weighted by Crippen LogP contribution is -2.31. The quantitative estimate of drug-likeness (QED) is 0.801. The molecule has 1 aromatic carbocycles. The van der Waals surface area contributed by atoms with Crippen LogP contribution in [0, 0.1) is 5.92 Å². The fraction of sp³-hybridized carbons (Fsp3) is 0.533. The summed E-state index contributed by atoms with van der Waals surface area (Å²) in [4.78, 5) is 11.6. The lowest BCUT2D eigenvalue weighted by molar-refractivity contribution is -0.123. The summed E-state index contributed by atoms with van der Waals surface area (Å²) in [6.07, 6.45) is -0.672. The minimum atomic E-state index is -0.672. The summed E-state index contributed by atoms with van der Waals surface area (Å²) in [5.41, 5.74) is 0.627. The first-order chi connectivity index (χ1) is 9.43. The molecule has 5 nitrogen and oxygen atoms in total. The summed E-state index contributed by atoms with van der Waals surface area (Å²) in [6.45, 7) is 6.22. The van der Waals surface area contributed by atoms with E-state index in [1.54, 1.807) is 32.2 Å². The molecule has 1 aromatic rings. The molecule has 112 valence electrons. The average molecular weight is 281 g/mol. The Kier molecular flexibility index (Phi) is 6.31. The van der Waals surface area contributed by atoms with Gasteiger partial charge in [-0.3, -0.25) is 4.79 Å². The van der Waals surface area contributed by atoms with Crippen molar-refractivity contribution in [3.05, 3.63) is 23.8 Å². The summed E-state index contributed by atoms with van der Waals surface area (Å²) >= 11 is 0. The zero-order chi connectivity index (χ0) is 15.1. The van der Waals surface area contributed by atoms with Gasteiger partial charge in [0, 0.05) is 18.2 Å². The molecule has 1 amide bonds. The van der Waals surface area contributed by atoms with Crippen LogP contribution in [-0.4, -0.2) is 31.3 Å². The molecule has 2 N–H and O–H groups in total. The molecular weight excluding hydrogens is 258 g/mol. The summed E-state index contributed by atoms with van der Waals surface area (Å²) < 4.78 is 10.6. The summed E-state index contributed by atoms with van der Waals surface area (Å²) in [5.74, 6) is 1.29. The molecule has 0 fully saturated rings. The van der Waals surface area contributed by atoms with Crippen molar-refractivity contribution in [3.63, 3.8) is 0 Å². The summed E-state index contributed by atoms with van der Waals surface area (Å²) in [6, 6.07) is 5.14. The Morgan fingerprint density at radius 3 is 2.60 bits per heavy atom. The van der Waals surface area contributed by atoms with Crippen molar-refractivity contribution in [1.82, 2.24) is 5.32 Å². The Labute approximate surface area is 119 Å². The van der Waals surface area contributed by atoms with Crippen molar-refractivity contribution in [2.75, 3.05) is 20.3 Å². The fourth-order valence-corrected chi connectivity index (χ4v) is 1.62. The van der Waals surface area contributed by atoms with E-state index in [4.69, 9.17) is 9.47 Å². The first-order valence-electron chi connectivity index (χ1n) is 6.69. The second-order valence-corrected chi connectivity index (χ2v) is 5.07. The number of carbonyl (C=O) groups excluding carboxylic acids is 1. The van der Waals surface area contributed by atoms with E-state index in [9.17, 15) is 9.90 Å². The number of benzene rings is 1. The van der Waals surface area contributed by atoms with Crippen LogP contribution in [0.3, 0.4) is 0 Å². The highest BCUT2D eigenvalue weighted by Crippen LogP contribution is 2.29. The Bertz CT molecular complexity index is 443. The molecule has 0 saturated carbocycles. The maximum atomic E-state index is 11.6. The molecule has 5 heteroatoms. The van der Waals surface area contributed by atoms with Crippen molar-refractivity contribution in [1.29, 1.82) is 0 Å². The van der Waals surface area contributed by atoms with E-state index in [0.29, 0.717) is 29.5 Å². The van der Waals surface area contributed by atoms with Crippen molar-refractivity contribution in [2.45, 2.75) is 26.9 Å². The Morgan fingerprint density at radius 1 is 1.35 bits per heavy atom. The van der Waals surface area contributed by atoms with E-state index >= 15 is 0 Å². The lowest BCUT2D eigenvalue weighted by atomic mass is 10.1. The van der Waals surface area contributed by atoms with Crippen molar-refractivity contribution in [2.24, 2.45) is 5.92 Å². The van der Waals surface area contributed by atoms with Crippen LogP contribution in [0.5, 0.6) is 11.5 Å². The highest BCUT2D eigenvalue weighted by atomic mass is 16.5. The third-order valence-corrected chi connectivity index (χ3v) is 2.74. The van der Waals surface area contributed by atoms with Gasteiger partial charge in [-0.15, -0.1) is 0 Å². The van der Waals surface area contributed by atoms with Crippen LogP contribution >= 0.6 is 0 Å². The number of hydrogen-bond acceptors (Lipinski definition) is 4. The minimum Gasteiger partial charge on any atom is -0.497 e. The maximum Gasteiger partial charge on any atom is 0.257 e. The van der Waals surface area contributed by atoms with Crippen LogP contribution in [0.2, 0.25) is 0 Å². The number of hydrogen-bond donors (Lipinski definition) is 2. The van der Waals surface area contributed by atoms with Crippen LogP contribution in [0.15, 0.2) is 18.2 Å². The van der Waals surface area contributed by atoms with E-state index in [-0.39, 0.29) is 12.5 Å². The number of amides is 1. The van der Waals surface area contributed by atoms with Crippen LogP contribution in [0.4, 0.5) is 0 Å². The standard InChI is InChI=1S/C15H23NO4/c1-10(2)8-16-15(18)9-20-14-7-12(19-4)5-6-13(14)11(3)17/h5-7,10-11,17H,8-9H2,1-4H3,(H,16,18)/t11-/m0/s1. The maximum absolute atomic E-state index is 11.6. The summed E-state index contributed by atoms with van der Waals surface area (Å²) in [7, 11) is 1.55. The second kappa shape index (κ2) is 7.75. The SMILES string of the molecule is COc1ccc([C@H](C)O)c(OCC(=O)NCC(C)C)c1. The third-order valence-electron chi connectivity index (χ3n) is 2.74. The van der Waals surface area contributed by atoms with E-state index in [1.165, 1.54) is 0 Å². The van der Waals surface area contributed by atoms with E-state index in [2.05, 4.69) is 5.32 Å². The van der Waals surface area contributed by atoms with E-state index in [1.807, 2.05) is 13.8 Å². The molecule has 0 aliphatic heterocycles. The van der Waals surface area contributed by atoms with E-state index < -0.39 is 6.10 Å². The van der Waals surface area contributed by atoms with Crippen molar-refractivity contribution < 1.29 is 19.4 Å². The largest absolute Gasteiger partial charge is 0.497 e. The monoisotopic (exact) mass is 281 g/mol. The second-order valence-electron chi connectivity index (χ2n) is 5.07. The number of aliphatic hydroxyl groups is 1. The molecule has 0 saturated heterocycles. The molecule has 1 atom stereocenters. The van der Waals surface area contributed by atoms with Gasteiger partial charge in [0.25, 0.3) is 5.91 Å². The van der Waals surface area contributed by atoms with Gasteiger partial charge in [-0.05, 0) is 25.0 Å². The fourth-order valence-electron chi connectivity index (χ4n) is 1.62. The molecule has 20 heavy (non-hydrogen) atoms. The van der Waals surface area contributed by atoms with Gasteiger partial charge in [0.05, 0.1) is 13.2 Å². The highest BCUT2D eigenvalue weighted by molar-refractivity contribution is 5.77. The van der Waals surface area contributed by atoms with Crippen LogP contribution < -0.4 is 14.8 Å². The molecule has 0 aliphatic rings. The normalized spacial score (nSPS) is 12.1. The topological polar surface area (TPSA) is 67.8 Å². The Balaban J connectivity index is 2.68. The van der Waals surface area contributed by atoms with Gasteiger partial charge in [0.2, 0.25) is 0 Å². The first-order valence-corrected chi connectivity index (χ1v) is 6.69. The minimum absolute atomic E-state index is 0.0837. The zero-order valence-electron chi connectivity index (χ0n) is 12.5. The molecule has 0 unspecified atom stereocenters. The molecule has 1 rings (SSSR count). The average Bonchev–Trinajstić information content (AvgIpc) is 2.42. The molecule has 0 aliphatic carbocycles. The lowest BCUT2D eigenvalue weighted by Gasteiger charge is -2.15. The molecule has 0 bridgehead atoms. The number of nitrogens with one attached hydrogen (secondary N) is 1. The molecule has 0 radical (unpaired) electrons. The smallest absolute Gasteiger partial charge is 0.257 e. The Hall–Kier alpha value is -1.75. The van der Waals surface area contributed by atoms with Crippen LogP contribution in [-0.2, 0) is 4.79 Å². The number of carbonyl (C=O) groups is 1. The van der Waals surface area contributed by atoms with Gasteiger partial charge in [-0.2, -0.15) is 0 Å². The van der Waals surface area contributed by atoms with E-state index in [0.717, 1.165) is 0 Å². The van der Waals surface area contributed by atoms with Crippen LogP contribution in [0.25, 0.3) is 0 Å². The molecule has 0 aromatic heterocycles. The van der Waals surface area contributed by atoms with Gasteiger partial charge in [0.1, 0.15) is 11.5 Å². The molecule has 0 heterocycles. The van der Waals surface area contributed by atoms with Gasteiger partial charge in [0.15, 0.2) is 6.61 Å². The zero-order valence-corrected chi connectivity index (χ0v) is 12.5. The molecule has 0 spiro atoms. The number of ether oxygens (including phenoxy) is 2. The summed E-state index contributed by atoms with van der Waals surface area (Å²) in [5, 5.41) is 12.5. The van der Waals surface area contributed by atoms with Gasteiger partial charge in [-0.25, -0.2) is 0 Å². The van der Waals surface area contributed by atoms with Crippen molar-refractivity contribution >= 4 is 5.91 Å². The van der Waals surface area contributed by atoms with Gasteiger partial charge < -0.3 is 19.9 Å². The van der Waals surface area contributed by atoms with Crippen molar-refractivity contribution in [3.8, 4) is 11.5 Å². The predicted molar refractivity (Wildman–Crippen MR) is 77.0 cm³/mol. The number of rotatable bonds is 7. The number of methoxy groups -OCH3 is 1. The number of aliphatic hydroxyl groups excluding tert-OH is 1. The Morgan fingerprint density at radius 2 is 2.05 bits per heavy atom. The first kappa shape index (κ1) is 16.3. The third kappa shape index (κ3) is 5.09. The molecular formula is C15H23NO4. The van der Waals surface area contributed by atoms with Crippen LogP contribution in [0.1, 0.15) is 32.4 Å². The highest BCUT2D eigenvalue weighted by Gasteiger charge is 2.12.